The molecule has 0 aliphatic heterocycles. The first kappa shape index (κ1) is 19.9. The highest BCUT2D eigenvalue weighted by molar-refractivity contribution is 5.98. The van der Waals surface area contributed by atoms with Crippen molar-refractivity contribution in [3.05, 3.63) is 72.3 Å². The Morgan fingerprint density at radius 1 is 1.15 bits per heavy atom. The molecule has 0 heterocycles. The predicted molar refractivity (Wildman–Crippen MR) is 108 cm³/mol. The van der Waals surface area contributed by atoms with E-state index in [1.165, 1.54) is 5.56 Å². The SMILES string of the molecule is C=CCO/N=C(\C)c1ccc(-c2ccc(CCC(C)(N)CO)cc2)cc1. The summed E-state index contributed by atoms with van der Waals surface area (Å²) in [4.78, 5) is 5.13. The van der Waals surface area contributed by atoms with Gasteiger partial charge in [-0.15, -0.1) is 0 Å². The molecule has 0 saturated heterocycles. The molecule has 2 aromatic rings. The molecular formula is C22H28N2O2. The monoisotopic (exact) mass is 352 g/mol. The second kappa shape index (κ2) is 9.32. The first-order chi connectivity index (χ1) is 12.4. The molecule has 26 heavy (non-hydrogen) atoms. The number of oxime groups is 1. The third kappa shape index (κ3) is 5.83. The third-order valence-electron chi connectivity index (χ3n) is 4.33. The van der Waals surface area contributed by atoms with Crippen molar-refractivity contribution in [2.75, 3.05) is 13.2 Å². The van der Waals surface area contributed by atoms with Crippen LogP contribution in [-0.4, -0.2) is 29.6 Å². The Morgan fingerprint density at radius 2 is 1.73 bits per heavy atom. The van der Waals surface area contributed by atoms with E-state index in [-0.39, 0.29) is 6.61 Å². The maximum atomic E-state index is 9.24. The zero-order valence-corrected chi connectivity index (χ0v) is 15.6. The van der Waals surface area contributed by atoms with Gasteiger partial charge in [0.15, 0.2) is 0 Å². The lowest BCUT2D eigenvalue weighted by molar-refractivity contribution is 0.175. The van der Waals surface area contributed by atoms with Crippen molar-refractivity contribution in [1.29, 1.82) is 0 Å². The third-order valence-corrected chi connectivity index (χ3v) is 4.33. The molecule has 0 amide bonds. The number of nitrogens with two attached hydrogens (primary N) is 1. The molecule has 0 saturated carbocycles. The molecule has 0 bridgehead atoms. The maximum Gasteiger partial charge on any atom is 0.135 e. The topological polar surface area (TPSA) is 67.8 Å². The Kier molecular flexibility index (Phi) is 7.13. The molecule has 0 fully saturated rings. The Balaban J connectivity index is 2.02. The van der Waals surface area contributed by atoms with Crippen LogP contribution in [0.4, 0.5) is 0 Å². The van der Waals surface area contributed by atoms with Gasteiger partial charge < -0.3 is 15.7 Å². The molecule has 2 rings (SSSR count). The largest absolute Gasteiger partial charge is 0.394 e. The molecule has 2 aromatic carbocycles. The highest BCUT2D eigenvalue weighted by Gasteiger charge is 2.16. The lowest BCUT2D eigenvalue weighted by Crippen LogP contribution is -2.40. The molecule has 0 spiro atoms. The summed E-state index contributed by atoms with van der Waals surface area (Å²) in [6.45, 7) is 7.80. The highest BCUT2D eigenvalue weighted by Crippen LogP contribution is 2.22. The van der Waals surface area contributed by atoms with E-state index in [9.17, 15) is 5.11 Å². The average Bonchev–Trinajstić information content (AvgIpc) is 2.67. The van der Waals surface area contributed by atoms with Gasteiger partial charge in [-0.3, -0.25) is 0 Å². The van der Waals surface area contributed by atoms with Gasteiger partial charge in [-0.25, -0.2) is 0 Å². The number of benzene rings is 2. The van der Waals surface area contributed by atoms with E-state index in [4.69, 9.17) is 10.6 Å². The van der Waals surface area contributed by atoms with E-state index in [0.717, 1.165) is 35.2 Å². The summed E-state index contributed by atoms with van der Waals surface area (Å²) in [7, 11) is 0. The first-order valence-corrected chi connectivity index (χ1v) is 8.82. The van der Waals surface area contributed by atoms with Crippen molar-refractivity contribution in [3.8, 4) is 11.1 Å². The molecule has 0 radical (unpaired) electrons. The number of aliphatic hydroxyl groups excluding tert-OH is 1. The Morgan fingerprint density at radius 3 is 2.27 bits per heavy atom. The van der Waals surface area contributed by atoms with Crippen LogP contribution < -0.4 is 5.73 Å². The van der Waals surface area contributed by atoms with Gasteiger partial charge >= 0.3 is 0 Å². The molecule has 0 aromatic heterocycles. The van der Waals surface area contributed by atoms with Gasteiger partial charge in [0, 0.05) is 5.54 Å². The smallest absolute Gasteiger partial charge is 0.135 e. The normalized spacial score (nSPS) is 13.9. The lowest BCUT2D eigenvalue weighted by atomic mass is 9.94. The van der Waals surface area contributed by atoms with Crippen LogP contribution in [-0.2, 0) is 11.3 Å². The minimum absolute atomic E-state index is 0.00121. The fraction of sp³-hybridized carbons (Fsp3) is 0.318. The van der Waals surface area contributed by atoms with E-state index >= 15 is 0 Å². The minimum atomic E-state index is -0.525. The fourth-order valence-corrected chi connectivity index (χ4v) is 2.52. The number of aliphatic hydroxyl groups is 1. The molecule has 3 N–H and O–H groups in total. The van der Waals surface area contributed by atoms with Gasteiger partial charge in [-0.05, 0) is 48.9 Å². The van der Waals surface area contributed by atoms with Crippen LogP contribution in [0.1, 0.15) is 31.4 Å². The minimum Gasteiger partial charge on any atom is -0.394 e. The maximum absolute atomic E-state index is 9.24. The van der Waals surface area contributed by atoms with Gasteiger partial charge in [0.1, 0.15) is 6.61 Å². The van der Waals surface area contributed by atoms with Crippen LogP contribution in [0.5, 0.6) is 0 Å². The van der Waals surface area contributed by atoms with E-state index in [2.05, 4.69) is 48.1 Å². The average molecular weight is 352 g/mol. The predicted octanol–water partition coefficient (Wildman–Crippen LogP) is 3.92. The number of aryl methyl sites for hydroxylation is 1. The van der Waals surface area contributed by atoms with Crippen molar-refractivity contribution in [2.45, 2.75) is 32.2 Å². The number of hydrogen-bond donors (Lipinski definition) is 2. The molecule has 0 aliphatic rings. The van der Waals surface area contributed by atoms with Crippen LogP contribution in [0.3, 0.4) is 0 Å². The van der Waals surface area contributed by atoms with Gasteiger partial charge in [0.2, 0.25) is 0 Å². The standard InChI is InChI=1S/C22H28N2O2/c1-4-15-26-24-17(2)19-9-11-21(12-10-19)20-7-5-18(6-8-20)13-14-22(3,23)16-25/h4-12,25H,1,13-16,23H2,2-3H3/b24-17+. The Labute approximate surface area is 156 Å². The quantitative estimate of drug-likeness (QED) is 0.311. The van der Waals surface area contributed by atoms with E-state index in [1.54, 1.807) is 6.08 Å². The molecule has 1 atom stereocenters. The summed E-state index contributed by atoms with van der Waals surface area (Å²) in [5.74, 6) is 0. The summed E-state index contributed by atoms with van der Waals surface area (Å²) in [5, 5.41) is 13.3. The zero-order valence-electron chi connectivity index (χ0n) is 15.6. The fourth-order valence-electron chi connectivity index (χ4n) is 2.52. The summed E-state index contributed by atoms with van der Waals surface area (Å²) in [6, 6.07) is 16.7. The Hall–Kier alpha value is -2.43. The van der Waals surface area contributed by atoms with Gasteiger partial charge in [0.25, 0.3) is 0 Å². The van der Waals surface area contributed by atoms with E-state index in [0.29, 0.717) is 6.61 Å². The Bertz CT molecular complexity index is 732. The second-order valence-electron chi connectivity index (χ2n) is 6.85. The van der Waals surface area contributed by atoms with Gasteiger partial charge in [0.05, 0.1) is 12.3 Å². The summed E-state index contributed by atoms with van der Waals surface area (Å²) >= 11 is 0. The zero-order chi connectivity index (χ0) is 19.0. The van der Waals surface area contributed by atoms with Crippen molar-refractivity contribution in [3.63, 3.8) is 0 Å². The highest BCUT2D eigenvalue weighted by atomic mass is 16.6. The van der Waals surface area contributed by atoms with Crippen LogP contribution in [0.2, 0.25) is 0 Å². The summed E-state index contributed by atoms with van der Waals surface area (Å²) in [6.07, 6.45) is 3.28. The molecule has 4 nitrogen and oxygen atoms in total. The van der Waals surface area contributed by atoms with Gasteiger partial charge in [-0.2, -0.15) is 0 Å². The van der Waals surface area contributed by atoms with Crippen LogP contribution >= 0.6 is 0 Å². The van der Waals surface area contributed by atoms with E-state index < -0.39 is 5.54 Å². The molecule has 0 aliphatic carbocycles. The first-order valence-electron chi connectivity index (χ1n) is 8.82. The molecular weight excluding hydrogens is 324 g/mol. The van der Waals surface area contributed by atoms with Crippen molar-refractivity contribution in [2.24, 2.45) is 10.9 Å². The second-order valence-corrected chi connectivity index (χ2v) is 6.85. The van der Waals surface area contributed by atoms with E-state index in [1.807, 2.05) is 26.0 Å². The van der Waals surface area contributed by atoms with Crippen molar-refractivity contribution < 1.29 is 9.94 Å². The van der Waals surface area contributed by atoms with Crippen molar-refractivity contribution >= 4 is 5.71 Å². The van der Waals surface area contributed by atoms with Crippen LogP contribution in [0.25, 0.3) is 11.1 Å². The molecule has 138 valence electrons. The molecule has 4 heteroatoms. The summed E-state index contributed by atoms with van der Waals surface area (Å²) in [5.41, 5.74) is 10.9. The number of rotatable bonds is 9. The summed E-state index contributed by atoms with van der Waals surface area (Å²) < 4.78 is 0. The lowest BCUT2D eigenvalue weighted by Gasteiger charge is -2.21. The number of nitrogens with zero attached hydrogens (tertiary/aromatic N) is 1. The van der Waals surface area contributed by atoms with Gasteiger partial charge in [-0.1, -0.05) is 66.3 Å². The van der Waals surface area contributed by atoms with Crippen LogP contribution in [0, 0.1) is 0 Å². The van der Waals surface area contributed by atoms with Crippen LogP contribution in [0.15, 0.2) is 66.3 Å². The van der Waals surface area contributed by atoms with Crippen molar-refractivity contribution in [1.82, 2.24) is 0 Å². The number of hydrogen-bond acceptors (Lipinski definition) is 4. The molecule has 1 unspecified atom stereocenters.